The first kappa shape index (κ1) is 32.0. The maximum absolute atomic E-state index is 14.4. The number of nitrogens with two attached hydrogens (primary N) is 1. The highest BCUT2D eigenvalue weighted by Crippen LogP contribution is 2.31. The lowest BCUT2D eigenvalue weighted by atomic mass is 9.85. The average Bonchev–Trinajstić information content (AvgIpc) is 3.74. The second-order valence-corrected chi connectivity index (χ2v) is 14.1. The highest BCUT2D eigenvalue weighted by Gasteiger charge is 2.39. The average molecular weight is 637 g/mol. The minimum Gasteiger partial charge on any atom is -0.383 e. The molecule has 1 saturated carbocycles. The molecule has 0 spiro atoms. The number of carbonyl (C=O) groups is 2. The zero-order valence-electron chi connectivity index (χ0n) is 24.5. The van der Waals surface area contributed by atoms with Crippen LogP contribution >= 0.6 is 11.3 Å². The van der Waals surface area contributed by atoms with Crippen molar-refractivity contribution in [2.24, 2.45) is 5.73 Å². The molecule has 234 valence electrons. The molecule has 3 atom stereocenters. The zero-order valence-corrected chi connectivity index (χ0v) is 26.1. The lowest BCUT2D eigenvalue weighted by molar-refractivity contribution is -0.129. The highest BCUT2D eigenvalue weighted by molar-refractivity contribution is 7.87. The first-order valence-corrected chi connectivity index (χ1v) is 17.4. The van der Waals surface area contributed by atoms with Crippen molar-refractivity contribution < 1.29 is 18.0 Å². The van der Waals surface area contributed by atoms with Gasteiger partial charge in [-0.25, -0.2) is 0 Å². The number of thiophene rings is 1. The molecule has 1 aromatic heterocycles. The van der Waals surface area contributed by atoms with Crippen LogP contribution in [0.3, 0.4) is 0 Å². The minimum absolute atomic E-state index is 0.134. The van der Waals surface area contributed by atoms with Crippen molar-refractivity contribution in [2.75, 3.05) is 6.54 Å². The third-order valence-electron chi connectivity index (χ3n) is 8.29. The molecule has 10 nitrogen and oxygen atoms in total. The van der Waals surface area contributed by atoms with Gasteiger partial charge < -0.3 is 16.4 Å². The van der Waals surface area contributed by atoms with Crippen LogP contribution in [-0.4, -0.2) is 50.6 Å². The molecule has 1 amide bonds. The number of hydrogen-bond donors (Lipinski definition) is 6. The summed E-state index contributed by atoms with van der Waals surface area (Å²) in [6, 6.07) is 18.9. The molecular weight excluding hydrogens is 597 g/mol. The first-order valence-electron chi connectivity index (χ1n) is 15.1. The molecule has 1 unspecified atom stereocenters. The van der Waals surface area contributed by atoms with E-state index in [1.54, 1.807) is 12.1 Å². The second-order valence-electron chi connectivity index (χ2n) is 11.5. The summed E-state index contributed by atoms with van der Waals surface area (Å²) in [5, 5.41) is 14.0. The van der Waals surface area contributed by atoms with Gasteiger partial charge in [0.2, 0.25) is 5.91 Å². The first-order chi connectivity index (χ1) is 21.2. The fourth-order valence-electron chi connectivity index (χ4n) is 6.11. The summed E-state index contributed by atoms with van der Waals surface area (Å²) in [5.74, 6) is -1.68. The predicted molar refractivity (Wildman–Crippen MR) is 173 cm³/mol. The molecule has 7 N–H and O–H groups in total. The Bertz CT molecular complexity index is 1500. The van der Waals surface area contributed by atoms with Gasteiger partial charge in [-0.15, -0.1) is 11.3 Å². The van der Waals surface area contributed by atoms with E-state index in [2.05, 4.69) is 20.1 Å². The van der Waals surface area contributed by atoms with Gasteiger partial charge in [0.15, 0.2) is 5.78 Å². The standard InChI is InChI=1S/C32H40N6O4S2/c33-31(34)26-19-18-25(43-26)28(30(39)24-17-10-20-35-24)36-32(40)29(38-44(41,42)37-23-15-8-3-9-16-23)27(21-11-4-1-5-12-21)22-13-6-2-7-14-22/h1-2,4-7,11-14,18-19,23-24,27-29,35,37-38H,3,8-10,15-17,20H2,(H3,33,34)(H,36,40)/t24-,28?,29+/m0/s1. The van der Waals surface area contributed by atoms with E-state index in [9.17, 15) is 18.0 Å². The summed E-state index contributed by atoms with van der Waals surface area (Å²) < 4.78 is 32.8. The number of benzene rings is 2. The van der Waals surface area contributed by atoms with Gasteiger partial charge in [-0.1, -0.05) is 79.9 Å². The van der Waals surface area contributed by atoms with Crippen molar-refractivity contribution in [2.45, 2.75) is 75.0 Å². The largest absolute Gasteiger partial charge is 0.383 e. The van der Waals surface area contributed by atoms with Crippen LogP contribution in [0.4, 0.5) is 0 Å². The fourth-order valence-corrected chi connectivity index (χ4v) is 8.36. The molecule has 2 heterocycles. The number of Topliss-reactive ketones (excluding diaryl/α,β-unsaturated/α-hetero) is 1. The summed E-state index contributed by atoms with van der Waals surface area (Å²) in [6.07, 6.45) is 5.89. The molecule has 1 saturated heterocycles. The molecule has 0 bridgehead atoms. The Morgan fingerprint density at radius 3 is 2.07 bits per heavy atom. The number of hydrogen-bond acceptors (Lipinski definition) is 7. The van der Waals surface area contributed by atoms with Gasteiger partial charge in [0, 0.05) is 16.8 Å². The van der Waals surface area contributed by atoms with Gasteiger partial charge in [-0.3, -0.25) is 15.0 Å². The van der Waals surface area contributed by atoms with E-state index in [1.807, 2.05) is 60.7 Å². The van der Waals surface area contributed by atoms with Crippen LogP contribution in [0, 0.1) is 5.41 Å². The number of amides is 1. The number of rotatable bonds is 13. The van der Waals surface area contributed by atoms with E-state index < -0.39 is 40.2 Å². The summed E-state index contributed by atoms with van der Waals surface area (Å²) in [5.41, 5.74) is 7.20. The smallest absolute Gasteiger partial charge is 0.277 e. The number of nitrogens with one attached hydrogen (secondary N) is 5. The van der Waals surface area contributed by atoms with Gasteiger partial charge in [-0.05, 0) is 55.5 Å². The normalized spacial score (nSPS) is 19.0. The summed E-state index contributed by atoms with van der Waals surface area (Å²) in [7, 11) is -4.13. The second kappa shape index (κ2) is 14.6. The maximum Gasteiger partial charge on any atom is 0.277 e. The van der Waals surface area contributed by atoms with Crippen LogP contribution in [-0.2, 0) is 19.8 Å². The molecule has 2 fully saturated rings. The lowest BCUT2D eigenvalue weighted by Crippen LogP contribution is -2.56. The third kappa shape index (κ3) is 7.99. The zero-order chi connectivity index (χ0) is 31.1. The predicted octanol–water partition coefficient (Wildman–Crippen LogP) is 3.47. The molecule has 0 radical (unpaired) electrons. The lowest BCUT2D eigenvalue weighted by Gasteiger charge is -2.31. The number of amidine groups is 1. The SMILES string of the molecule is N=C(N)c1ccc(C(NC(=O)[C@H](NS(=O)(=O)NC2CCCCC2)C(c2ccccc2)c2ccccc2)C(=O)[C@@H]2CCCN2)s1. The Labute approximate surface area is 262 Å². The Kier molecular flexibility index (Phi) is 10.6. The molecule has 2 aliphatic rings. The van der Waals surface area contributed by atoms with Crippen LogP contribution in [0.15, 0.2) is 72.8 Å². The van der Waals surface area contributed by atoms with Crippen molar-refractivity contribution in [3.8, 4) is 0 Å². The Hall–Kier alpha value is -3.42. The highest BCUT2D eigenvalue weighted by atomic mass is 32.2. The molecule has 5 rings (SSSR count). The van der Waals surface area contributed by atoms with Crippen molar-refractivity contribution in [1.82, 2.24) is 20.1 Å². The van der Waals surface area contributed by atoms with E-state index in [0.29, 0.717) is 22.7 Å². The Morgan fingerprint density at radius 2 is 1.52 bits per heavy atom. The molecule has 2 aromatic carbocycles. The van der Waals surface area contributed by atoms with E-state index >= 15 is 0 Å². The summed E-state index contributed by atoms with van der Waals surface area (Å²) >= 11 is 1.16. The summed E-state index contributed by atoms with van der Waals surface area (Å²) in [6.45, 7) is 0.694. The Balaban J connectivity index is 1.53. The number of ketones is 1. The van der Waals surface area contributed by atoms with Gasteiger partial charge in [0.05, 0.1) is 10.9 Å². The summed E-state index contributed by atoms with van der Waals surface area (Å²) in [4.78, 5) is 29.3. The molecule has 12 heteroatoms. The quantitative estimate of drug-likeness (QED) is 0.124. The molecule has 44 heavy (non-hydrogen) atoms. The third-order valence-corrected chi connectivity index (χ3v) is 10.7. The number of carbonyl (C=O) groups excluding carboxylic acids is 2. The van der Waals surface area contributed by atoms with Crippen molar-refractivity contribution in [1.29, 1.82) is 5.41 Å². The topological polar surface area (TPSA) is 166 Å². The van der Waals surface area contributed by atoms with Crippen molar-refractivity contribution in [3.63, 3.8) is 0 Å². The van der Waals surface area contributed by atoms with Crippen molar-refractivity contribution >= 4 is 39.1 Å². The van der Waals surface area contributed by atoms with Crippen LogP contribution in [0.5, 0.6) is 0 Å². The van der Waals surface area contributed by atoms with Crippen LogP contribution in [0.2, 0.25) is 0 Å². The molecule has 1 aliphatic heterocycles. The van der Waals surface area contributed by atoms with Gasteiger partial charge in [0.25, 0.3) is 10.2 Å². The van der Waals surface area contributed by atoms with Crippen LogP contribution < -0.4 is 25.8 Å². The van der Waals surface area contributed by atoms with Crippen molar-refractivity contribution in [3.05, 3.63) is 93.7 Å². The van der Waals surface area contributed by atoms with E-state index in [-0.39, 0.29) is 17.7 Å². The van der Waals surface area contributed by atoms with Crippen LogP contribution in [0.1, 0.15) is 77.8 Å². The van der Waals surface area contributed by atoms with E-state index in [0.717, 1.165) is 61.0 Å². The van der Waals surface area contributed by atoms with E-state index in [4.69, 9.17) is 11.1 Å². The molecule has 1 aliphatic carbocycles. The number of nitrogen functional groups attached to an aromatic ring is 1. The molecular formula is C32H40N6O4S2. The monoisotopic (exact) mass is 636 g/mol. The minimum atomic E-state index is -4.13. The van der Waals surface area contributed by atoms with Gasteiger partial charge in [-0.2, -0.15) is 17.9 Å². The van der Waals surface area contributed by atoms with Crippen LogP contribution in [0.25, 0.3) is 0 Å². The Morgan fingerprint density at radius 1 is 0.886 bits per heavy atom. The maximum atomic E-state index is 14.4. The van der Waals surface area contributed by atoms with E-state index in [1.165, 1.54) is 0 Å². The van der Waals surface area contributed by atoms with Gasteiger partial charge in [0.1, 0.15) is 17.9 Å². The molecule has 3 aromatic rings. The fraction of sp³-hybridized carbons (Fsp3) is 0.406. The van der Waals surface area contributed by atoms with Gasteiger partial charge >= 0.3 is 0 Å².